The van der Waals surface area contributed by atoms with E-state index >= 15 is 0 Å². The molecule has 0 radical (unpaired) electrons. The van der Waals surface area contributed by atoms with Crippen molar-refractivity contribution < 1.29 is 14.0 Å². The van der Waals surface area contributed by atoms with Crippen LogP contribution in [0.4, 0.5) is 0 Å². The highest BCUT2D eigenvalue weighted by molar-refractivity contribution is 6.39. The Labute approximate surface area is 233 Å². The molecule has 2 aromatic heterocycles. The number of hydrogen-bond donors (Lipinski definition) is 0. The molecule has 4 aromatic rings. The monoisotopic (exact) mass is 550 g/mol. The summed E-state index contributed by atoms with van der Waals surface area (Å²) in [4.78, 5) is 0. The number of ether oxygens (including phenoxy) is 2. The smallest absolute Gasteiger partial charge is 0.145 e. The van der Waals surface area contributed by atoms with Gasteiger partial charge in [-0.15, -0.1) is 0 Å². The van der Waals surface area contributed by atoms with Crippen LogP contribution < -0.4 is 4.74 Å². The second-order valence-corrected chi connectivity index (χ2v) is 12.5. The lowest BCUT2D eigenvalue weighted by atomic mass is 9.59. The van der Waals surface area contributed by atoms with Gasteiger partial charge in [0.05, 0.1) is 34.4 Å². The van der Waals surface area contributed by atoms with Crippen LogP contribution in [0, 0.1) is 5.41 Å². The van der Waals surface area contributed by atoms with E-state index in [0.717, 1.165) is 86.3 Å². The maximum Gasteiger partial charge on any atom is 0.145 e. The van der Waals surface area contributed by atoms with E-state index in [1.165, 1.54) is 10.9 Å². The van der Waals surface area contributed by atoms with Crippen LogP contribution in [0.5, 0.6) is 5.75 Å². The first-order valence-corrected chi connectivity index (χ1v) is 14.4. The average molecular weight is 552 g/mol. The fourth-order valence-electron chi connectivity index (χ4n) is 6.50. The van der Waals surface area contributed by atoms with Crippen LogP contribution in [-0.2, 0) is 18.4 Å². The summed E-state index contributed by atoms with van der Waals surface area (Å²) in [5.74, 6) is 2.32. The number of rotatable bonds is 8. The lowest BCUT2D eigenvalue weighted by molar-refractivity contribution is -0.150. The zero-order chi connectivity index (χ0) is 25.9. The highest BCUT2D eigenvalue weighted by Crippen LogP contribution is 2.55. The van der Waals surface area contributed by atoms with Crippen molar-refractivity contribution in [2.45, 2.75) is 69.5 Å². The Bertz CT molecular complexity index is 1460. The molecule has 8 rings (SSSR count). The molecule has 0 aliphatic heterocycles. The topological polar surface area (TPSA) is 49.4 Å². The quantitative estimate of drug-likeness (QED) is 0.220. The van der Waals surface area contributed by atoms with Crippen LogP contribution in [0.1, 0.15) is 68.6 Å². The van der Waals surface area contributed by atoms with Gasteiger partial charge < -0.3 is 18.6 Å². The SMILES string of the molecule is Cn1ccc2ccc(OCC34CCC(OCc5c(-c6c(Cl)cccc6Cl)noc5C5CC5)(CC3)CC4)cc21. The van der Waals surface area contributed by atoms with Crippen molar-refractivity contribution in [1.82, 2.24) is 9.72 Å². The standard InChI is InChI=1S/C31H32Cl2N2O3/c1-35-16-9-20-7-8-22(17-26(20)35)36-19-30-10-13-31(14-11-30,15-12-30)37-18-23-28(34-38-29(23)21-5-6-21)27-24(32)3-2-4-25(27)33/h2-4,7-9,16-17,21H,5-6,10-15,18-19H2,1H3. The van der Waals surface area contributed by atoms with Crippen molar-refractivity contribution >= 4 is 34.1 Å². The Hall–Kier alpha value is -2.47. The maximum atomic E-state index is 6.79. The van der Waals surface area contributed by atoms with Gasteiger partial charge in [0, 0.05) is 41.8 Å². The lowest BCUT2D eigenvalue weighted by Gasteiger charge is -2.52. The fraction of sp³-hybridized carbons (Fsp3) is 0.452. The third kappa shape index (κ3) is 4.33. The van der Waals surface area contributed by atoms with E-state index in [1.807, 2.05) is 18.2 Å². The number of benzene rings is 2. The zero-order valence-corrected chi connectivity index (χ0v) is 23.2. The molecule has 0 N–H and O–H groups in total. The number of aryl methyl sites for hydroxylation is 1. The number of halogens is 2. The molecule has 4 aliphatic carbocycles. The molecule has 4 fully saturated rings. The van der Waals surface area contributed by atoms with Gasteiger partial charge in [0.15, 0.2) is 0 Å². The Kier molecular flexibility index (Phi) is 6.03. The second-order valence-electron chi connectivity index (χ2n) is 11.7. The minimum atomic E-state index is -0.0939. The molecule has 2 aromatic carbocycles. The highest BCUT2D eigenvalue weighted by atomic mass is 35.5. The van der Waals surface area contributed by atoms with Crippen LogP contribution in [0.2, 0.25) is 10.0 Å². The van der Waals surface area contributed by atoms with E-state index < -0.39 is 0 Å². The lowest BCUT2D eigenvalue weighted by Crippen LogP contribution is -2.49. The van der Waals surface area contributed by atoms with Gasteiger partial charge in [-0.05, 0) is 87.1 Å². The zero-order valence-electron chi connectivity index (χ0n) is 21.6. The van der Waals surface area contributed by atoms with Crippen LogP contribution >= 0.6 is 23.2 Å². The van der Waals surface area contributed by atoms with Gasteiger partial charge >= 0.3 is 0 Å². The van der Waals surface area contributed by atoms with Crippen molar-refractivity contribution in [2.24, 2.45) is 12.5 Å². The van der Waals surface area contributed by atoms with E-state index in [1.54, 1.807) is 0 Å². The van der Waals surface area contributed by atoms with Gasteiger partial charge in [-0.25, -0.2) is 0 Å². The van der Waals surface area contributed by atoms with E-state index in [9.17, 15) is 0 Å². The molecule has 0 unspecified atom stereocenters. The first-order chi connectivity index (χ1) is 18.4. The summed E-state index contributed by atoms with van der Waals surface area (Å²) < 4.78 is 21.2. The second kappa shape index (κ2) is 9.32. The van der Waals surface area contributed by atoms with E-state index in [0.29, 0.717) is 22.6 Å². The summed E-state index contributed by atoms with van der Waals surface area (Å²) in [6.07, 6.45) is 10.9. The van der Waals surface area contributed by atoms with Gasteiger partial charge in [-0.1, -0.05) is 34.4 Å². The summed E-state index contributed by atoms with van der Waals surface area (Å²) in [6.45, 7) is 1.25. The minimum absolute atomic E-state index is 0.0939. The summed E-state index contributed by atoms with van der Waals surface area (Å²) in [5.41, 5.74) is 3.82. The van der Waals surface area contributed by atoms with Gasteiger partial charge in [-0.3, -0.25) is 0 Å². The number of nitrogens with zero attached hydrogens (tertiary/aromatic N) is 2. The molecule has 4 saturated carbocycles. The van der Waals surface area contributed by atoms with Gasteiger partial charge in [-0.2, -0.15) is 0 Å². The molecular formula is C31H32Cl2N2O3. The first-order valence-electron chi connectivity index (χ1n) is 13.7. The third-order valence-corrected chi connectivity index (χ3v) is 9.86. The molecule has 198 valence electrons. The third-order valence-electron chi connectivity index (χ3n) is 9.23. The average Bonchev–Trinajstić information content (AvgIpc) is 3.60. The van der Waals surface area contributed by atoms with E-state index in [4.69, 9.17) is 37.2 Å². The summed E-state index contributed by atoms with van der Waals surface area (Å²) >= 11 is 13.1. The molecule has 7 heteroatoms. The van der Waals surface area contributed by atoms with Crippen molar-refractivity contribution in [1.29, 1.82) is 0 Å². The first kappa shape index (κ1) is 24.6. The van der Waals surface area contributed by atoms with Crippen LogP contribution in [0.15, 0.2) is 53.2 Å². The Balaban J connectivity index is 1.04. The van der Waals surface area contributed by atoms with Crippen molar-refractivity contribution in [3.05, 3.63) is 70.0 Å². The van der Waals surface area contributed by atoms with E-state index in [2.05, 4.69) is 47.2 Å². The molecule has 0 amide bonds. The van der Waals surface area contributed by atoms with Crippen molar-refractivity contribution in [3.63, 3.8) is 0 Å². The van der Waals surface area contributed by atoms with Gasteiger partial charge in [0.25, 0.3) is 0 Å². The molecule has 2 heterocycles. The van der Waals surface area contributed by atoms with Crippen LogP contribution in [0.3, 0.4) is 0 Å². The van der Waals surface area contributed by atoms with Crippen molar-refractivity contribution in [3.8, 4) is 17.0 Å². The summed E-state index contributed by atoms with van der Waals surface area (Å²) in [7, 11) is 2.08. The Morgan fingerprint density at radius 1 is 1.00 bits per heavy atom. The molecule has 5 nitrogen and oxygen atoms in total. The van der Waals surface area contributed by atoms with E-state index in [-0.39, 0.29) is 11.0 Å². The molecule has 0 spiro atoms. The highest BCUT2D eigenvalue weighted by Gasteiger charge is 2.50. The summed E-state index contributed by atoms with van der Waals surface area (Å²) in [5, 5.41) is 6.84. The normalized spacial score (nSPS) is 24.8. The summed E-state index contributed by atoms with van der Waals surface area (Å²) in [6, 6.07) is 14.1. The number of fused-ring (bicyclic) bond motifs is 4. The predicted octanol–water partition coefficient (Wildman–Crippen LogP) is 8.71. The molecule has 0 saturated heterocycles. The largest absolute Gasteiger partial charge is 0.493 e. The maximum absolute atomic E-state index is 6.79. The van der Waals surface area contributed by atoms with Crippen molar-refractivity contribution in [2.75, 3.05) is 6.61 Å². The molecule has 38 heavy (non-hydrogen) atoms. The van der Waals surface area contributed by atoms with Crippen LogP contribution in [0.25, 0.3) is 22.2 Å². The molecule has 2 bridgehead atoms. The predicted molar refractivity (Wildman–Crippen MR) is 150 cm³/mol. The fourth-order valence-corrected chi connectivity index (χ4v) is 7.08. The number of aromatic nitrogens is 2. The Morgan fingerprint density at radius 3 is 2.45 bits per heavy atom. The van der Waals surface area contributed by atoms with Gasteiger partial charge in [0.2, 0.25) is 0 Å². The van der Waals surface area contributed by atoms with Crippen LogP contribution in [-0.4, -0.2) is 21.9 Å². The molecule has 0 atom stereocenters. The Morgan fingerprint density at radius 2 is 1.74 bits per heavy atom. The number of hydrogen-bond acceptors (Lipinski definition) is 4. The van der Waals surface area contributed by atoms with Gasteiger partial charge in [0.1, 0.15) is 17.2 Å². The molecular weight excluding hydrogens is 519 g/mol. The molecule has 4 aliphatic rings. The minimum Gasteiger partial charge on any atom is -0.493 e.